The van der Waals surface area contributed by atoms with Gasteiger partial charge in [-0.1, -0.05) is 23.9 Å². The molecule has 2 heterocycles. The Kier molecular flexibility index (Phi) is 5.50. The maximum Gasteiger partial charge on any atom is 0.238 e. The number of para-hydroxylation sites is 2. The number of rotatable bonds is 6. The number of primary sulfonamides is 1. The van der Waals surface area contributed by atoms with Crippen LogP contribution in [-0.2, 0) is 17.1 Å². The molecule has 2 aromatic heterocycles. The van der Waals surface area contributed by atoms with Crippen molar-refractivity contribution in [2.75, 3.05) is 5.75 Å². The van der Waals surface area contributed by atoms with Gasteiger partial charge in [-0.2, -0.15) is 0 Å². The number of aryl methyl sites for hydroxylation is 2. The molecule has 4 aromatic rings. The van der Waals surface area contributed by atoms with E-state index >= 15 is 0 Å². The Morgan fingerprint density at radius 2 is 1.77 bits per heavy atom. The zero-order chi connectivity index (χ0) is 22.3. The Balaban J connectivity index is 1.57. The number of nitrogens with two attached hydrogens (primary N) is 1. The summed E-state index contributed by atoms with van der Waals surface area (Å²) in [5.41, 5.74) is 5.02. The van der Waals surface area contributed by atoms with E-state index in [0.29, 0.717) is 5.56 Å². The number of hydrogen-bond acceptors (Lipinski definition) is 5. The average Bonchev–Trinajstić information content (AvgIpc) is 3.21. The van der Waals surface area contributed by atoms with E-state index in [9.17, 15) is 13.2 Å². The number of carbonyl (C=O) groups is 1. The van der Waals surface area contributed by atoms with Gasteiger partial charge in [0.15, 0.2) is 10.9 Å². The van der Waals surface area contributed by atoms with Crippen LogP contribution in [0, 0.1) is 13.8 Å². The van der Waals surface area contributed by atoms with E-state index in [4.69, 9.17) is 5.14 Å². The number of fused-ring (bicyclic) bond motifs is 1. The second-order valence-corrected chi connectivity index (χ2v) is 9.82. The summed E-state index contributed by atoms with van der Waals surface area (Å²) < 4.78 is 26.9. The molecule has 0 aliphatic carbocycles. The molecule has 31 heavy (non-hydrogen) atoms. The minimum atomic E-state index is -3.75. The molecule has 0 saturated heterocycles. The largest absolute Gasteiger partial charge is 0.322 e. The highest BCUT2D eigenvalue weighted by atomic mass is 32.2. The van der Waals surface area contributed by atoms with Crippen LogP contribution in [0.4, 0.5) is 0 Å². The first-order chi connectivity index (χ1) is 14.7. The van der Waals surface area contributed by atoms with E-state index in [0.717, 1.165) is 33.3 Å². The fraction of sp³-hybridized carbons (Fsp3) is 0.182. The van der Waals surface area contributed by atoms with Crippen LogP contribution in [0.25, 0.3) is 16.7 Å². The molecule has 0 aliphatic rings. The predicted molar refractivity (Wildman–Crippen MR) is 122 cm³/mol. The van der Waals surface area contributed by atoms with Gasteiger partial charge in [0.05, 0.1) is 21.7 Å². The summed E-state index contributed by atoms with van der Waals surface area (Å²) >= 11 is 1.41. The van der Waals surface area contributed by atoms with E-state index in [1.165, 1.54) is 23.9 Å². The lowest BCUT2D eigenvalue weighted by atomic mass is 10.2. The van der Waals surface area contributed by atoms with Crippen LogP contribution in [0.2, 0.25) is 0 Å². The topological polar surface area (TPSA) is 100.0 Å². The Labute approximate surface area is 184 Å². The monoisotopic (exact) mass is 454 g/mol. The van der Waals surface area contributed by atoms with Gasteiger partial charge >= 0.3 is 0 Å². The first-order valence-electron chi connectivity index (χ1n) is 9.56. The number of aromatic nitrogens is 3. The third-order valence-electron chi connectivity index (χ3n) is 5.23. The molecule has 2 aromatic carbocycles. The fourth-order valence-electron chi connectivity index (χ4n) is 3.69. The summed E-state index contributed by atoms with van der Waals surface area (Å²) in [5, 5.41) is 5.97. The molecule has 9 heteroatoms. The number of nitrogens with zero attached hydrogens (tertiary/aromatic N) is 3. The smallest absolute Gasteiger partial charge is 0.238 e. The molecule has 4 rings (SSSR count). The highest BCUT2D eigenvalue weighted by Gasteiger charge is 2.19. The van der Waals surface area contributed by atoms with Gasteiger partial charge in [0, 0.05) is 29.7 Å². The molecule has 0 radical (unpaired) electrons. The zero-order valence-corrected chi connectivity index (χ0v) is 19.0. The number of benzene rings is 2. The Hall–Kier alpha value is -2.88. The molecule has 0 fully saturated rings. The number of carbonyl (C=O) groups excluding carboxylic acids is 1. The molecule has 0 unspecified atom stereocenters. The summed E-state index contributed by atoms with van der Waals surface area (Å²) in [6, 6.07) is 16.0. The van der Waals surface area contributed by atoms with Crippen molar-refractivity contribution < 1.29 is 13.2 Å². The Bertz CT molecular complexity index is 1400. The fourth-order valence-corrected chi connectivity index (χ4v) is 5.07. The maximum atomic E-state index is 13.0. The van der Waals surface area contributed by atoms with E-state index in [2.05, 4.69) is 4.98 Å². The van der Waals surface area contributed by atoms with Crippen molar-refractivity contribution in [1.29, 1.82) is 0 Å². The maximum absolute atomic E-state index is 13.0. The zero-order valence-electron chi connectivity index (χ0n) is 17.4. The number of hydrogen-bond donors (Lipinski definition) is 1. The van der Waals surface area contributed by atoms with Gasteiger partial charge in [0.1, 0.15) is 0 Å². The van der Waals surface area contributed by atoms with Gasteiger partial charge in [0.25, 0.3) is 0 Å². The van der Waals surface area contributed by atoms with Crippen LogP contribution in [0.15, 0.2) is 64.6 Å². The lowest BCUT2D eigenvalue weighted by Gasteiger charge is -2.10. The molecular formula is C22H22N4O3S2. The van der Waals surface area contributed by atoms with E-state index in [1.54, 1.807) is 12.1 Å². The van der Waals surface area contributed by atoms with Crippen molar-refractivity contribution >= 4 is 38.6 Å². The van der Waals surface area contributed by atoms with Gasteiger partial charge < -0.3 is 9.13 Å². The Morgan fingerprint density at radius 3 is 2.42 bits per heavy atom. The molecule has 0 saturated carbocycles. The second-order valence-electron chi connectivity index (χ2n) is 7.31. The van der Waals surface area contributed by atoms with Crippen LogP contribution >= 0.6 is 11.8 Å². The van der Waals surface area contributed by atoms with Crippen molar-refractivity contribution in [1.82, 2.24) is 14.1 Å². The van der Waals surface area contributed by atoms with Crippen molar-refractivity contribution in [3.05, 3.63) is 71.5 Å². The normalized spacial score (nSPS) is 11.9. The van der Waals surface area contributed by atoms with Gasteiger partial charge in [-0.3, -0.25) is 4.79 Å². The molecular weight excluding hydrogens is 432 g/mol. The summed E-state index contributed by atoms with van der Waals surface area (Å²) in [6.45, 7) is 3.80. The average molecular weight is 455 g/mol. The molecule has 0 atom stereocenters. The van der Waals surface area contributed by atoms with Crippen molar-refractivity contribution in [3.8, 4) is 5.69 Å². The van der Waals surface area contributed by atoms with Crippen molar-refractivity contribution in [2.45, 2.75) is 23.9 Å². The van der Waals surface area contributed by atoms with Crippen LogP contribution in [-0.4, -0.2) is 34.1 Å². The van der Waals surface area contributed by atoms with Crippen molar-refractivity contribution in [2.24, 2.45) is 12.2 Å². The number of Topliss-reactive ketones (excluding diaryl/α,β-unsaturated/α-hetero) is 1. The molecule has 0 spiro atoms. The summed E-state index contributed by atoms with van der Waals surface area (Å²) in [6.07, 6.45) is 0. The minimum absolute atomic E-state index is 0.0116. The Morgan fingerprint density at radius 1 is 1.10 bits per heavy atom. The van der Waals surface area contributed by atoms with Gasteiger partial charge in [0.2, 0.25) is 10.0 Å². The third kappa shape index (κ3) is 4.04. The molecule has 7 nitrogen and oxygen atoms in total. The predicted octanol–water partition coefficient (Wildman–Crippen LogP) is 3.60. The molecule has 160 valence electrons. The van der Waals surface area contributed by atoms with E-state index in [-0.39, 0.29) is 16.4 Å². The van der Waals surface area contributed by atoms with E-state index < -0.39 is 10.0 Å². The number of ketones is 1. The van der Waals surface area contributed by atoms with Gasteiger partial charge in [-0.05, 0) is 56.3 Å². The molecule has 0 bridgehead atoms. The minimum Gasteiger partial charge on any atom is -0.322 e. The van der Waals surface area contributed by atoms with Crippen LogP contribution in [0.5, 0.6) is 0 Å². The van der Waals surface area contributed by atoms with Crippen LogP contribution in [0.1, 0.15) is 21.7 Å². The second kappa shape index (κ2) is 7.99. The standard InChI is InChI=1S/C22H22N4O3S2/c1-14-12-18(15(2)26(14)16-8-10-17(11-9-16)31(23,28)29)21(27)13-30-22-24-19-6-4-5-7-20(19)25(22)3/h4-12H,13H2,1-3H3,(H2,23,28,29). The number of imidazole rings is 1. The summed E-state index contributed by atoms with van der Waals surface area (Å²) in [5.74, 6) is 0.281. The van der Waals surface area contributed by atoms with Crippen molar-refractivity contribution in [3.63, 3.8) is 0 Å². The molecule has 0 aliphatic heterocycles. The van der Waals surface area contributed by atoms with E-state index in [1.807, 2.05) is 60.4 Å². The van der Waals surface area contributed by atoms with Crippen LogP contribution in [0.3, 0.4) is 0 Å². The lowest BCUT2D eigenvalue weighted by Crippen LogP contribution is -2.12. The first-order valence-corrected chi connectivity index (χ1v) is 12.1. The molecule has 0 amide bonds. The summed E-state index contributed by atoms with van der Waals surface area (Å²) in [4.78, 5) is 17.6. The highest BCUT2D eigenvalue weighted by Crippen LogP contribution is 2.26. The number of sulfonamides is 1. The van der Waals surface area contributed by atoms with Gasteiger partial charge in [-0.15, -0.1) is 0 Å². The van der Waals surface area contributed by atoms with Crippen LogP contribution < -0.4 is 5.14 Å². The summed E-state index contributed by atoms with van der Waals surface area (Å²) in [7, 11) is -1.81. The van der Waals surface area contributed by atoms with Gasteiger partial charge in [-0.25, -0.2) is 18.5 Å². The molecule has 2 N–H and O–H groups in total. The first kappa shape index (κ1) is 21.4. The third-order valence-corrected chi connectivity index (χ3v) is 7.19. The lowest BCUT2D eigenvalue weighted by molar-refractivity contribution is 0.102. The highest BCUT2D eigenvalue weighted by molar-refractivity contribution is 7.99. The SMILES string of the molecule is Cc1cc(C(=O)CSc2nc3ccccc3n2C)c(C)n1-c1ccc(S(N)(=O)=O)cc1. The number of thioether (sulfide) groups is 1. The quantitative estimate of drug-likeness (QED) is 0.354.